The predicted molar refractivity (Wildman–Crippen MR) is 61.5 cm³/mol. The number of hydrogen-bond acceptors (Lipinski definition) is 3. The summed E-state index contributed by atoms with van der Waals surface area (Å²) >= 11 is 1.99. The largest absolute Gasteiger partial charge is 0.314 e. The van der Waals surface area contributed by atoms with Gasteiger partial charge in [-0.25, -0.2) is 0 Å². The molecule has 1 N–H and O–H groups in total. The molecular weight excluding hydrogens is 180 g/mol. The summed E-state index contributed by atoms with van der Waals surface area (Å²) < 4.78 is 0. The molecule has 0 spiro atoms. The van der Waals surface area contributed by atoms with Crippen molar-refractivity contribution >= 4 is 11.8 Å². The molecule has 1 rings (SSSR count). The Morgan fingerprint density at radius 1 is 1.54 bits per heavy atom. The highest BCUT2D eigenvalue weighted by Crippen LogP contribution is 2.21. The number of likely N-dealkylation sites (N-methyl/N-ethyl adjacent to an activating group) is 1. The minimum absolute atomic E-state index is 0.708. The molecule has 3 heteroatoms. The van der Waals surface area contributed by atoms with Crippen LogP contribution in [0.25, 0.3) is 0 Å². The molecule has 78 valence electrons. The summed E-state index contributed by atoms with van der Waals surface area (Å²) in [5.41, 5.74) is 0. The van der Waals surface area contributed by atoms with Gasteiger partial charge in [-0.05, 0) is 26.6 Å². The van der Waals surface area contributed by atoms with E-state index in [1.807, 2.05) is 11.8 Å². The van der Waals surface area contributed by atoms with Crippen LogP contribution in [0.5, 0.6) is 0 Å². The average molecular weight is 202 g/mol. The Balaban J connectivity index is 2.49. The smallest absolute Gasteiger partial charge is 0.0351 e. The highest BCUT2D eigenvalue weighted by atomic mass is 32.2. The molecule has 0 bridgehead atoms. The van der Waals surface area contributed by atoms with Gasteiger partial charge in [0.05, 0.1) is 0 Å². The lowest BCUT2D eigenvalue weighted by Gasteiger charge is -2.32. The van der Waals surface area contributed by atoms with Crippen molar-refractivity contribution in [1.29, 1.82) is 0 Å². The normalized spacial score (nSPS) is 31.2. The minimum Gasteiger partial charge on any atom is -0.314 e. The van der Waals surface area contributed by atoms with Gasteiger partial charge in [-0.3, -0.25) is 4.90 Å². The number of nitrogens with zero attached hydrogens (tertiary/aromatic N) is 1. The van der Waals surface area contributed by atoms with Crippen LogP contribution in [-0.2, 0) is 0 Å². The third kappa shape index (κ3) is 2.61. The van der Waals surface area contributed by atoms with Crippen LogP contribution in [0.1, 0.15) is 20.3 Å². The zero-order chi connectivity index (χ0) is 9.84. The number of hydrogen-bond donors (Lipinski definition) is 1. The molecule has 0 aliphatic carbocycles. The molecule has 0 aromatic rings. The van der Waals surface area contributed by atoms with E-state index in [0.29, 0.717) is 6.04 Å². The molecule has 3 atom stereocenters. The van der Waals surface area contributed by atoms with Crippen molar-refractivity contribution < 1.29 is 0 Å². The van der Waals surface area contributed by atoms with Crippen LogP contribution in [0, 0.1) is 0 Å². The van der Waals surface area contributed by atoms with Crippen molar-refractivity contribution in [3.63, 3.8) is 0 Å². The molecule has 1 aliphatic heterocycles. The van der Waals surface area contributed by atoms with Crippen molar-refractivity contribution in [2.24, 2.45) is 0 Å². The summed E-state index contributed by atoms with van der Waals surface area (Å²) in [7, 11) is 2.26. The second-order valence-corrected chi connectivity index (χ2v) is 5.00. The zero-order valence-corrected chi connectivity index (χ0v) is 10.0. The monoisotopic (exact) mass is 202 g/mol. The summed E-state index contributed by atoms with van der Waals surface area (Å²) in [5, 5.41) is 4.25. The quantitative estimate of drug-likeness (QED) is 0.742. The first-order valence-corrected chi connectivity index (χ1v) is 6.45. The molecule has 0 radical (unpaired) electrons. The van der Waals surface area contributed by atoms with Crippen molar-refractivity contribution in [2.45, 2.75) is 37.6 Å². The maximum absolute atomic E-state index is 3.47. The van der Waals surface area contributed by atoms with E-state index in [9.17, 15) is 0 Å². The second kappa shape index (κ2) is 5.23. The third-order valence-corrected chi connectivity index (χ3v) is 4.33. The Labute approximate surface area is 86.5 Å². The minimum atomic E-state index is 0.708. The van der Waals surface area contributed by atoms with Gasteiger partial charge in [0, 0.05) is 30.4 Å². The molecule has 1 aliphatic rings. The molecule has 0 saturated carbocycles. The lowest BCUT2D eigenvalue weighted by molar-refractivity contribution is 0.194. The maximum atomic E-state index is 3.47. The summed E-state index contributed by atoms with van der Waals surface area (Å²) in [6.45, 7) is 6.91. The van der Waals surface area contributed by atoms with Crippen LogP contribution in [0.15, 0.2) is 0 Å². The van der Waals surface area contributed by atoms with Gasteiger partial charge >= 0.3 is 0 Å². The van der Waals surface area contributed by atoms with E-state index in [0.717, 1.165) is 17.8 Å². The molecule has 1 saturated heterocycles. The Hall–Kier alpha value is 0.270. The van der Waals surface area contributed by atoms with Crippen LogP contribution < -0.4 is 5.32 Å². The fourth-order valence-corrected chi connectivity index (χ4v) is 2.79. The van der Waals surface area contributed by atoms with Crippen LogP contribution in [-0.4, -0.2) is 48.6 Å². The molecule has 0 amide bonds. The van der Waals surface area contributed by atoms with Gasteiger partial charge < -0.3 is 5.32 Å². The molecule has 1 heterocycles. The molecule has 3 unspecified atom stereocenters. The van der Waals surface area contributed by atoms with Crippen LogP contribution >= 0.6 is 11.8 Å². The molecular formula is C10H22N2S. The van der Waals surface area contributed by atoms with E-state index in [2.05, 4.69) is 37.4 Å². The van der Waals surface area contributed by atoms with Crippen molar-refractivity contribution in [1.82, 2.24) is 10.2 Å². The molecule has 13 heavy (non-hydrogen) atoms. The Morgan fingerprint density at radius 2 is 2.23 bits per heavy atom. The van der Waals surface area contributed by atoms with Crippen LogP contribution in [0.2, 0.25) is 0 Å². The fourth-order valence-electron chi connectivity index (χ4n) is 1.90. The summed E-state index contributed by atoms with van der Waals surface area (Å²) in [6, 6.07) is 1.43. The Bertz CT molecular complexity index is 152. The van der Waals surface area contributed by atoms with Gasteiger partial charge in [-0.2, -0.15) is 11.8 Å². The lowest BCUT2D eigenvalue weighted by atomic mass is 10.1. The summed E-state index contributed by atoms with van der Waals surface area (Å²) in [5.74, 6) is 0. The molecule has 2 nitrogen and oxygen atoms in total. The van der Waals surface area contributed by atoms with Crippen LogP contribution in [0.4, 0.5) is 0 Å². The first-order chi connectivity index (χ1) is 6.20. The fraction of sp³-hybridized carbons (Fsp3) is 1.00. The van der Waals surface area contributed by atoms with Crippen molar-refractivity contribution in [3.8, 4) is 0 Å². The highest BCUT2D eigenvalue weighted by molar-refractivity contribution is 7.99. The first-order valence-electron chi connectivity index (χ1n) is 5.16. The van der Waals surface area contributed by atoms with Gasteiger partial charge in [0.2, 0.25) is 0 Å². The number of nitrogens with one attached hydrogen (secondary N) is 1. The molecule has 1 fully saturated rings. The second-order valence-electron chi connectivity index (χ2n) is 3.92. The van der Waals surface area contributed by atoms with E-state index >= 15 is 0 Å². The van der Waals surface area contributed by atoms with E-state index < -0.39 is 0 Å². The van der Waals surface area contributed by atoms with E-state index in [1.165, 1.54) is 13.0 Å². The van der Waals surface area contributed by atoms with E-state index in [1.54, 1.807) is 0 Å². The first kappa shape index (κ1) is 11.3. The topological polar surface area (TPSA) is 15.3 Å². The summed E-state index contributed by atoms with van der Waals surface area (Å²) in [4.78, 5) is 2.53. The SMILES string of the molecule is CCC(C)N(C)C1CNCC1SC. The number of rotatable bonds is 4. The average Bonchev–Trinajstić information content (AvgIpc) is 2.62. The van der Waals surface area contributed by atoms with Gasteiger partial charge in [0.15, 0.2) is 0 Å². The van der Waals surface area contributed by atoms with E-state index in [4.69, 9.17) is 0 Å². The lowest BCUT2D eigenvalue weighted by Crippen LogP contribution is -2.44. The third-order valence-electron chi connectivity index (χ3n) is 3.24. The van der Waals surface area contributed by atoms with Gasteiger partial charge in [-0.1, -0.05) is 6.92 Å². The highest BCUT2D eigenvalue weighted by Gasteiger charge is 2.30. The molecule has 0 aromatic heterocycles. The van der Waals surface area contributed by atoms with Crippen LogP contribution in [0.3, 0.4) is 0 Å². The Kier molecular flexibility index (Phi) is 4.56. The standard InChI is InChI=1S/C10H22N2S/c1-5-8(2)12(3)9-6-11-7-10(9)13-4/h8-11H,5-7H2,1-4H3. The van der Waals surface area contributed by atoms with Gasteiger partial charge in [0.1, 0.15) is 0 Å². The van der Waals surface area contributed by atoms with E-state index in [-0.39, 0.29) is 0 Å². The predicted octanol–water partition coefficient (Wildman–Crippen LogP) is 1.42. The van der Waals surface area contributed by atoms with Gasteiger partial charge in [0.25, 0.3) is 0 Å². The molecule has 0 aromatic carbocycles. The Morgan fingerprint density at radius 3 is 2.77 bits per heavy atom. The maximum Gasteiger partial charge on any atom is 0.0351 e. The van der Waals surface area contributed by atoms with Crippen molar-refractivity contribution in [3.05, 3.63) is 0 Å². The van der Waals surface area contributed by atoms with Gasteiger partial charge in [-0.15, -0.1) is 0 Å². The summed E-state index contributed by atoms with van der Waals surface area (Å²) in [6.07, 6.45) is 3.46. The number of thioether (sulfide) groups is 1. The zero-order valence-electron chi connectivity index (χ0n) is 9.21. The van der Waals surface area contributed by atoms with Crippen molar-refractivity contribution in [2.75, 3.05) is 26.4 Å².